The van der Waals surface area contributed by atoms with Crippen LogP contribution in [0.25, 0.3) is 0 Å². The molecule has 0 saturated heterocycles. The van der Waals surface area contributed by atoms with Gasteiger partial charge in [0.2, 0.25) is 0 Å². The average Bonchev–Trinajstić information content (AvgIpc) is 2.43. The van der Waals surface area contributed by atoms with Gasteiger partial charge in [0.25, 0.3) is 0 Å². The molecule has 0 atom stereocenters. The summed E-state index contributed by atoms with van der Waals surface area (Å²) in [5.41, 5.74) is 1.60. The Hall–Kier alpha value is -1.69. The van der Waals surface area contributed by atoms with Crippen LogP contribution in [0.15, 0.2) is 29.0 Å². The van der Waals surface area contributed by atoms with E-state index in [2.05, 4.69) is 43.5 Å². The van der Waals surface area contributed by atoms with Crippen molar-refractivity contribution in [2.45, 2.75) is 20.3 Å². The molecular weight excluding hydrogens is 323 g/mol. The van der Waals surface area contributed by atoms with Crippen LogP contribution in [0.1, 0.15) is 18.9 Å². The molecule has 0 radical (unpaired) electrons. The first-order chi connectivity index (χ1) is 9.60. The first kappa shape index (κ1) is 14.7. The number of anilines is 3. The van der Waals surface area contributed by atoms with E-state index in [0.29, 0.717) is 21.8 Å². The topological polar surface area (TPSA) is 49.8 Å². The monoisotopic (exact) mass is 338 g/mol. The minimum absolute atomic E-state index is 0.314. The summed E-state index contributed by atoms with van der Waals surface area (Å²) in [5, 5.41) is 6.24. The molecule has 2 N–H and O–H groups in total. The average molecular weight is 339 g/mol. The highest BCUT2D eigenvalue weighted by atomic mass is 79.9. The minimum atomic E-state index is -0.314. The van der Waals surface area contributed by atoms with Gasteiger partial charge in [-0.3, -0.25) is 4.98 Å². The second-order valence-electron chi connectivity index (χ2n) is 4.42. The van der Waals surface area contributed by atoms with Crippen molar-refractivity contribution in [2.24, 2.45) is 0 Å². The largest absolute Gasteiger partial charge is 0.369 e. The Morgan fingerprint density at radius 1 is 1.25 bits per heavy atom. The quantitative estimate of drug-likeness (QED) is 0.855. The zero-order valence-electron chi connectivity index (χ0n) is 11.4. The molecule has 0 aliphatic carbocycles. The molecule has 0 aliphatic heterocycles. The summed E-state index contributed by atoms with van der Waals surface area (Å²) in [6, 6.07) is 3.16. The van der Waals surface area contributed by atoms with Gasteiger partial charge < -0.3 is 10.6 Å². The number of hydrogen-bond donors (Lipinski definition) is 2. The SMILES string of the molecule is CCCNc1cncc(Nc2cc(F)c(Br)cc2C)n1. The third-order valence-corrected chi connectivity index (χ3v) is 3.33. The summed E-state index contributed by atoms with van der Waals surface area (Å²) in [4.78, 5) is 8.49. The number of aryl methyl sites for hydroxylation is 1. The highest BCUT2D eigenvalue weighted by Crippen LogP contribution is 2.26. The molecule has 0 bridgehead atoms. The maximum Gasteiger partial charge on any atom is 0.151 e. The number of nitrogens with zero attached hydrogens (tertiary/aromatic N) is 2. The number of aromatic nitrogens is 2. The van der Waals surface area contributed by atoms with E-state index in [1.54, 1.807) is 18.5 Å². The summed E-state index contributed by atoms with van der Waals surface area (Å²) in [7, 11) is 0. The van der Waals surface area contributed by atoms with Crippen LogP contribution in [-0.2, 0) is 0 Å². The maximum absolute atomic E-state index is 13.6. The second kappa shape index (κ2) is 6.65. The molecule has 2 aromatic rings. The van der Waals surface area contributed by atoms with E-state index in [1.165, 1.54) is 6.07 Å². The Morgan fingerprint density at radius 3 is 2.75 bits per heavy atom. The fourth-order valence-electron chi connectivity index (χ4n) is 1.68. The Kier molecular flexibility index (Phi) is 4.89. The maximum atomic E-state index is 13.6. The summed E-state index contributed by atoms with van der Waals surface area (Å²) in [6.45, 7) is 4.82. The zero-order chi connectivity index (χ0) is 14.5. The molecule has 2 rings (SSSR count). The molecular formula is C14H16BrFN4. The van der Waals surface area contributed by atoms with Gasteiger partial charge in [0.1, 0.15) is 11.6 Å². The number of benzene rings is 1. The van der Waals surface area contributed by atoms with Gasteiger partial charge in [-0.15, -0.1) is 0 Å². The second-order valence-corrected chi connectivity index (χ2v) is 5.28. The van der Waals surface area contributed by atoms with Crippen molar-refractivity contribution in [1.82, 2.24) is 9.97 Å². The molecule has 6 heteroatoms. The fourth-order valence-corrected chi connectivity index (χ4v) is 2.14. The Bertz CT molecular complexity index is 604. The van der Waals surface area contributed by atoms with Crippen LogP contribution in [0.3, 0.4) is 0 Å². The smallest absolute Gasteiger partial charge is 0.151 e. The molecule has 1 aromatic heterocycles. The van der Waals surface area contributed by atoms with Crippen LogP contribution in [-0.4, -0.2) is 16.5 Å². The molecule has 20 heavy (non-hydrogen) atoms. The molecule has 0 aliphatic rings. The van der Waals surface area contributed by atoms with E-state index >= 15 is 0 Å². The summed E-state index contributed by atoms with van der Waals surface area (Å²) >= 11 is 3.16. The van der Waals surface area contributed by atoms with Gasteiger partial charge in [0, 0.05) is 12.2 Å². The first-order valence-corrected chi connectivity index (χ1v) is 7.18. The van der Waals surface area contributed by atoms with Gasteiger partial charge in [0.05, 0.1) is 16.9 Å². The standard InChI is InChI=1S/C14H16BrFN4/c1-3-4-18-13-7-17-8-14(20-13)19-12-6-11(16)10(15)5-9(12)2/h5-8H,3-4H2,1-2H3,(H2,18,19,20). The number of rotatable bonds is 5. The highest BCUT2D eigenvalue weighted by molar-refractivity contribution is 9.10. The van der Waals surface area contributed by atoms with Crippen molar-refractivity contribution in [3.63, 3.8) is 0 Å². The van der Waals surface area contributed by atoms with Gasteiger partial charge in [-0.05, 0) is 47.0 Å². The predicted octanol–water partition coefficient (Wildman–Crippen LogP) is 4.25. The summed E-state index contributed by atoms with van der Waals surface area (Å²) < 4.78 is 14.0. The molecule has 1 heterocycles. The number of hydrogen-bond acceptors (Lipinski definition) is 4. The van der Waals surface area contributed by atoms with E-state index in [1.807, 2.05) is 6.92 Å². The Morgan fingerprint density at radius 2 is 2.00 bits per heavy atom. The predicted molar refractivity (Wildman–Crippen MR) is 82.9 cm³/mol. The van der Waals surface area contributed by atoms with Crippen molar-refractivity contribution in [2.75, 3.05) is 17.2 Å². The van der Waals surface area contributed by atoms with Crippen LogP contribution < -0.4 is 10.6 Å². The van der Waals surface area contributed by atoms with Crippen LogP contribution >= 0.6 is 15.9 Å². The third-order valence-electron chi connectivity index (χ3n) is 2.72. The van der Waals surface area contributed by atoms with Gasteiger partial charge in [0.15, 0.2) is 5.82 Å². The molecule has 1 aromatic carbocycles. The first-order valence-electron chi connectivity index (χ1n) is 6.38. The third kappa shape index (κ3) is 3.66. The lowest BCUT2D eigenvalue weighted by atomic mass is 10.2. The molecule has 4 nitrogen and oxygen atoms in total. The van der Waals surface area contributed by atoms with Crippen molar-refractivity contribution in [3.8, 4) is 0 Å². The van der Waals surface area contributed by atoms with Crippen LogP contribution in [0.4, 0.5) is 21.7 Å². The fraction of sp³-hybridized carbons (Fsp3) is 0.286. The van der Waals surface area contributed by atoms with Crippen LogP contribution in [0.2, 0.25) is 0 Å². The van der Waals surface area contributed by atoms with Gasteiger partial charge >= 0.3 is 0 Å². The van der Waals surface area contributed by atoms with E-state index in [4.69, 9.17) is 0 Å². The van der Waals surface area contributed by atoms with Crippen molar-refractivity contribution < 1.29 is 4.39 Å². The Balaban J connectivity index is 2.19. The Labute approximate surface area is 126 Å². The van der Waals surface area contributed by atoms with E-state index in [0.717, 1.165) is 18.5 Å². The van der Waals surface area contributed by atoms with Crippen LogP contribution in [0.5, 0.6) is 0 Å². The normalized spacial score (nSPS) is 10.4. The van der Waals surface area contributed by atoms with Crippen molar-refractivity contribution in [1.29, 1.82) is 0 Å². The lowest BCUT2D eigenvalue weighted by Gasteiger charge is -2.11. The van der Waals surface area contributed by atoms with Gasteiger partial charge in [-0.1, -0.05) is 6.92 Å². The lowest BCUT2D eigenvalue weighted by Crippen LogP contribution is -2.04. The van der Waals surface area contributed by atoms with E-state index in [9.17, 15) is 4.39 Å². The molecule has 0 saturated carbocycles. The summed E-state index contributed by atoms with van der Waals surface area (Å²) in [5.74, 6) is 0.967. The van der Waals surface area contributed by atoms with Gasteiger partial charge in [-0.2, -0.15) is 0 Å². The number of nitrogens with one attached hydrogen (secondary N) is 2. The van der Waals surface area contributed by atoms with Crippen molar-refractivity contribution >= 4 is 33.3 Å². The molecule has 0 amide bonds. The van der Waals surface area contributed by atoms with E-state index in [-0.39, 0.29) is 5.82 Å². The summed E-state index contributed by atoms with van der Waals surface area (Å²) in [6.07, 6.45) is 4.28. The van der Waals surface area contributed by atoms with Gasteiger partial charge in [-0.25, -0.2) is 9.37 Å². The minimum Gasteiger partial charge on any atom is -0.369 e. The zero-order valence-corrected chi connectivity index (χ0v) is 13.0. The number of halogens is 2. The van der Waals surface area contributed by atoms with E-state index < -0.39 is 0 Å². The molecule has 0 fully saturated rings. The molecule has 0 spiro atoms. The molecule has 0 unspecified atom stereocenters. The highest BCUT2D eigenvalue weighted by Gasteiger charge is 2.06. The molecule has 106 valence electrons. The van der Waals surface area contributed by atoms with Crippen molar-refractivity contribution in [3.05, 3.63) is 40.4 Å². The van der Waals surface area contributed by atoms with Crippen LogP contribution in [0, 0.1) is 12.7 Å². The lowest BCUT2D eigenvalue weighted by molar-refractivity contribution is 0.621.